The average Bonchev–Trinajstić information content (AvgIpc) is 2.94. The van der Waals surface area contributed by atoms with Crippen molar-refractivity contribution in [3.05, 3.63) is 60.2 Å². The van der Waals surface area contributed by atoms with E-state index >= 15 is 0 Å². The fourth-order valence-corrected chi connectivity index (χ4v) is 4.22. The second kappa shape index (κ2) is 9.53. The zero-order valence-corrected chi connectivity index (χ0v) is 15.9. The van der Waals surface area contributed by atoms with Gasteiger partial charge in [0.05, 0.1) is 6.61 Å². The van der Waals surface area contributed by atoms with Crippen molar-refractivity contribution >= 4 is 17.7 Å². The lowest BCUT2D eigenvalue weighted by molar-refractivity contribution is -0.133. The predicted octanol–water partition coefficient (Wildman–Crippen LogP) is 4.17. The number of amides is 1. The summed E-state index contributed by atoms with van der Waals surface area (Å²) in [6, 6.07) is 17.9. The van der Waals surface area contributed by atoms with Crippen LogP contribution in [-0.2, 0) is 4.79 Å². The summed E-state index contributed by atoms with van der Waals surface area (Å²) >= 11 is 1.93. The number of carbonyl (C=O) groups is 1. The second-order valence-corrected chi connectivity index (χ2v) is 7.44. The first-order valence-electron chi connectivity index (χ1n) is 9.06. The summed E-state index contributed by atoms with van der Waals surface area (Å²) in [5.74, 6) is 2.50. The van der Waals surface area contributed by atoms with E-state index in [0.29, 0.717) is 17.6 Å². The van der Waals surface area contributed by atoms with Crippen LogP contribution in [0.15, 0.2) is 54.6 Å². The van der Waals surface area contributed by atoms with Crippen LogP contribution in [0.3, 0.4) is 0 Å². The van der Waals surface area contributed by atoms with Crippen molar-refractivity contribution < 1.29 is 14.3 Å². The van der Waals surface area contributed by atoms with Crippen LogP contribution >= 0.6 is 11.8 Å². The monoisotopic (exact) mass is 371 g/mol. The number of hydrogen-bond acceptors (Lipinski definition) is 4. The highest BCUT2D eigenvalue weighted by Gasteiger charge is 2.22. The SMILES string of the molecule is CCOc1ccc(OCC(=O)N2CCSC(c3ccccc3)CC2)cc1. The molecular weight excluding hydrogens is 346 g/mol. The molecule has 1 fully saturated rings. The van der Waals surface area contributed by atoms with E-state index in [2.05, 4.69) is 24.3 Å². The summed E-state index contributed by atoms with van der Waals surface area (Å²) in [6.07, 6.45) is 0.976. The van der Waals surface area contributed by atoms with Crippen molar-refractivity contribution in [1.82, 2.24) is 4.90 Å². The first-order chi connectivity index (χ1) is 12.8. The fourth-order valence-electron chi connectivity index (χ4n) is 2.99. The van der Waals surface area contributed by atoms with Crippen molar-refractivity contribution in [2.24, 2.45) is 0 Å². The Morgan fingerprint density at radius 1 is 1.04 bits per heavy atom. The number of nitrogens with zero attached hydrogens (tertiary/aromatic N) is 1. The van der Waals surface area contributed by atoms with Crippen LogP contribution in [0.1, 0.15) is 24.2 Å². The van der Waals surface area contributed by atoms with Crippen molar-refractivity contribution in [2.75, 3.05) is 32.1 Å². The van der Waals surface area contributed by atoms with Crippen LogP contribution in [0, 0.1) is 0 Å². The third kappa shape index (κ3) is 5.18. The molecule has 1 atom stereocenters. The van der Waals surface area contributed by atoms with E-state index in [-0.39, 0.29) is 12.5 Å². The normalized spacial score (nSPS) is 17.4. The minimum absolute atomic E-state index is 0.0493. The Balaban J connectivity index is 1.49. The highest BCUT2D eigenvalue weighted by molar-refractivity contribution is 7.99. The molecule has 26 heavy (non-hydrogen) atoms. The molecule has 1 heterocycles. The number of ether oxygens (including phenoxy) is 2. The number of benzene rings is 2. The lowest BCUT2D eigenvalue weighted by atomic mass is 10.1. The van der Waals surface area contributed by atoms with Crippen molar-refractivity contribution in [2.45, 2.75) is 18.6 Å². The van der Waals surface area contributed by atoms with Crippen LogP contribution in [0.2, 0.25) is 0 Å². The largest absolute Gasteiger partial charge is 0.494 e. The van der Waals surface area contributed by atoms with Crippen LogP contribution in [0.5, 0.6) is 11.5 Å². The first-order valence-corrected chi connectivity index (χ1v) is 10.1. The first kappa shape index (κ1) is 18.6. The predicted molar refractivity (Wildman–Crippen MR) is 106 cm³/mol. The van der Waals surface area contributed by atoms with Crippen molar-refractivity contribution in [1.29, 1.82) is 0 Å². The Hall–Kier alpha value is -2.14. The van der Waals surface area contributed by atoms with Gasteiger partial charge in [-0.25, -0.2) is 0 Å². The van der Waals surface area contributed by atoms with E-state index < -0.39 is 0 Å². The van der Waals surface area contributed by atoms with Gasteiger partial charge in [-0.15, -0.1) is 0 Å². The molecule has 1 aliphatic rings. The van der Waals surface area contributed by atoms with Crippen LogP contribution in [0.25, 0.3) is 0 Å². The molecule has 0 spiro atoms. The number of rotatable bonds is 6. The summed E-state index contributed by atoms with van der Waals surface area (Å²) in [5, 5.41) is 0.459. The molecular formula is C21H25NO3S. The Labute approximate surface area is 159 Å². The van der Waals surface area contributed by atoms with Gasteiger partial charge in [0.1, 0.15) is 11.5 Å². The lowest BCUT2D eigenvalue weighted by Crippen LogP contribution is -2.36. The molecule has 1 unspecified atom stereocenters. The molecule has 3 rings (SSSR count). The average molecular weight is 372 g/mol. The van der Waals surface area contributed by atoms with Crippen molar-refractivity contribution in [3.8, 4) is 11.5 Å². The Bertz CT molecular complexity index is 690. The molecule has 5 heteroatoms. The molecule has 1 saturated heterocycles. The number of thioether (sulfide) groups is 1. The van der Waals surface area contributed by atoms with E-state index in [1.807, 2.05) is 53.9 Å². The molecule has 0 aliphatic carbocycles. The van der Waals surface area contributed by atoms with Gasteiger partial charge in [-0.2, -0.15) is 11.8 Å². The maximum absolute atomic E-state index is 12.5. The standard InChI is InChI=1S/C21H25NO3S/c1-2-24-18-8-10-19(11-9-18)25-16-21(23)22-13-12-20(26-15-14-22)17-6-4-3-5-7-17/h3-11,20H,2,12-16H2,1H3. The number of carbonyl (C=O) groups excluding carboxylic acids is 1. The molecule has 138 valence electrons. The Kier molecular flexibility index (Phi) is 6.83. The molecule has 2 aromatic carbocycles. The third-order valence-corrected chi connectivity index (χ3v) is 5.69. The maximum atomic E-state index is 12.5. The van der Waals surface area contributed by atoms with Gasteiger partial charge in [-0.3, -0.25) is 4.79 Å². The molecule has 0 bridgehead atoms. The van der Waals surface area contributed by atoms with Gasteiger partial charge in [-0.05, 0) is 43.2 Å². The second-order valence-electron chi connectivity index (χ2n) is 6.13. The van der Waals surface area contributed by atoms with Gasteiger partial charge >= 0.3 is 0 Å². The quantitative estimate of drug-likeness (QED) is 0.764. The smallest absolute Gasteiger partial charge is 0.260 e. The molecule has 0 radical (unpaired) electrons. The van der Waals surface area contributed by atoms with Gasteiger partial charge in [0, 0.05) is 24.1 Å². The summed E-state index contributed by atoms with van der Waals surface area (Å²) in [7, 11) is 0. The summed E-state index contributed by atoms with van der Waals surface area (Å²) in [5.41, 5.74) is 1.34. The molecule has 4 nitrogen and oxygen atoms in total. The third-order valence-electron chi connectivity index (χ3n) is 4.36. The van der Waals surface area contributed by atoms with Crippen LogP contribution < -0.4 is 9.47 Å². The number of hydrogen-bond donors (Lipinski definition) is 0. The van der Waals surface area contributed by atoms with Gasteiger partial charge in [0.25, 0.3) is 5.91 Å². The Morgan fingerprint density at radius 3 is 2.42 bits per heavy atom. The van der Waals surface area contributed by atoms with Gasteiger partial charge in [-0.1, -0.05) is 30.3 Å². The van der Waals surface area contributed by atoms with Crippen LogP contribution in [0.4, 0.5) is 0 Å². The topological polar surface area (TPSA) is 38.8 Å². The maximum Gasteiger partial charge on any atom is 0.260 e. The fraction of sp³-hybridized carbons (Fsp3) is 0.381. The molecule has 0 N–H and O–H groups in total. The zero-order valence-electron chi connectivity index (χ0n) is 15.1. The van der Waals surface area contributed by atoms with Crippen LogP contribution in [-0.4, -0.2) is 42.9 Å². The summed E-state index contributed by atoms with van der Waals surface area (Å²) in [4.78, 5) is 14.4. The minimum atomic E-state index is 0.0493. The van der Waals surface area contributed by atoms with E-state index in [1.165, 1.54) is 5.56 Å². The molecule has 2 aromatic rings. The zero-order chi connectivity index (χ0) is 18.2. The van der Waals surface area contributed by atoms with Gasteiger partial charge in [0.15, 0.2) is 6.61 Å². The van der Waals surface area contributed by atoms with E-state index in [9.17, 15) is 4.79 Å². The molecule has 0 aromatic heterocycles. The van der Waals surface area contributed by atoms with Crippen molar-refractivity contribution in [3.63, 3.8) is 0 Å². The highest BCUT2D eigenvalue weighted by atomic mass is 32.2. The minimum Gasteiger partial charge on any atom is -0.494 e. The highest BCUT2D eigenvalue weighted by Crippen LogP contribution is 2.34. The van der Waals surface area contributed by atoms with Gasteiger partial charge in [0.2, 0.25) is 0 Å². The Morgan fingerprint density at radius 2 is 1.73 bits per heavy atom. The molecule has 0 saturated carbocycles. The summed E-state index contributed by atoms with van der Waals surface area (Å²) in [6.45, 7) is 4.21. The van der Waals surface area contributed by atoms with E-state index in [4.69, 9.17) is 9.47 Å². The molecule has 1 aliphatic heterocycles. The van der Waals surface area contributed by atoms with Gasteiger partial charge < -0.3 is 14.4 Å². The van der Waals surface area contributed by atoms with E-state index in [0.717, 1.165) is 31.0 Å². The summed E-state index contributed by atoms with van der Waals surface area (Å²) < 4.78 is 11.1. The van der Waals surface area contributed by atoms with E-state index in [1.54, 1.807) is 0 Å². The molecule has 1 amide bonds. The lowest BCUT2D eigenvalue weighted by Gasteiger charge is -2.20.